The number of imide groups is 2. The van der Waals surface area contributed by atoms with Gasteiger partial charge in [0.1, 0.15) is 5.75 Å². The molecule has 0 radical (unpaired) electrons. The zero-order valence-corrected chi connectivity index (χ0v) is 14.6. The van der Waals surface area contributed by atoms with Gasteiger partial charge in [-0.2, -0.15) is 0 Å². The topological polar surface area (TPSA) is 66.9 Å². The fourth-order valence-electron chi connectivity index (χ4n) is 2.56. The molecule has 1 aliphatic heterocycles. The molecule has 0 atom stereocenters. The van der Waals surface area contributed by atoms with Gasteiger partial charge in [0.05, 0.1) is 13.2 Å². The quantitative estimate of drug-likeness (QED) is 0.434. The van der Waals surface area contributed by atoms with Crippen LogP contribution in [0.5, 0.6) is 5.75 Å². The summed E-state index contributed by atoms with van der Waals surface area (Å²) in [4.78, 5) is 39.3. The first-order chi connectivity index (χ1) is 12.1. The van der Waals surface area contributed by atoms with Crippen LogP contribution in [0.2, 0.25) is 0 Å². The summed E-state index contributed by atoms with van der Waals surface area (Å²) < 4.78 is 5.61. The SMILES string of the molecule is Cc1cccc(OCCCN2C(=O)C(=O)N(Cc3cccs3)C2=O)c1. The number of benzene rings is 1. The molecule has 1 saturated heterocycles. The number of carbonyl (C=O) groups is 3. The van der Waals surface area contributed by atoms with Crippen LogP contribution in [-0.4, -0.2) is 40.8 Å². The van der Waals surface area contributed by atoms with Crippen molar-refractivity contribution in [2.75, 3.05) is 13.2 Å². The highest BCUT2D eigenvalue weighted by molar-refractivity contribution is 7.09. The number of carbonyl (C=O) groups excluding carboxylic acids is 3. The molecule has 25 heavy (non-hydrogen) atoms. The molecule has 7 heteroatoms. The van der Waals surface area contributed by atoms with E-state index in [-0.39, 0.29) is 13.1 Å². The molecule has 0 saturated carbocycles. The van der Waals surface area contributed by atoms with Crippen molar-refractivity contribution >= 4 is 29.2 Å². The van der Waals surface area contributed by atoms with Crippen LogP contribution in [0.3, 0.4) is 0 Å². The first-order valence-corrected chi connectivity index (χ1v) is 8.83. The summed E-state index contributed by atoms with van der Waals surface area (Å²) in [6.07, 6.45) is 0.464. The fraction of sp³-hybridized carbons (Fsp3) is 0.278. The molecule has 0 aliphatic carbocycles. The van der Waals surface area contributed by atoms with Gasteiger partial charge in [-0.25, -0.2) is 4.79 Å². The van der Waals surface area contributed by atoms with Gasteiger partial charge in [0, 0.05) is 11.4 Å². The average molecular weight is 358 g/mol. The van der Waals surface area contributed by atoms with Gasteiger partial charge >= 0.3 is 17.8 Å². The minimum Gasteiger partial charge on any atom is -0.494 e. The molecule has 0 unspecified atom stereocenters. The molecule has 0 spiro atoms. The summed E-state index contributed by atoms with van der Waals surface area (Å²) in [5, 5.41) is 1.86. The molecular weight excluding hydrogens is 340 g/mol. The van der Waals surface area contributed by atoms with Gasteiger partial charge in [-0.05, 0) is 42.5 Å². The summed E-state index contributed by atoms with van der Waals surface area (Å²) in [6.45, 7) is 2.63. The highest BCUT2D eigenvalue weighted by Gasteiger charge is 2.44. The number of hydrogen-bond donors (Lipinski definition) is 0. The number of thiophene rings is 1. The molecule has 1 aromatic heterocycles. The first kappa shape index (κ1) is 17.2. The maximum atomic E-state index is 12.3. The van der Waals surface area contributed by atoms with Crippen LogP contribution >= 0.6 is 11.3 Å². The predicted octanol–water partition coefficient (Wildman–Crippen LogP) is 2.82. The van der Waals surface area contributed by atoms with Crippen LogP contribution in [0.1, 0.15) is 16.9 Å². The molecule has 1 aromatic carbocycles. The Morgan fingerprint density at radius 3 is 2.56 bits per heavy atom. The predicted molar refractivity (Wildman–Crippen MR) is 93.3 cm³/mol. The lowest BCUT2D eigenvalue weighted by Gasteiger charge is -2.15. The Balaban J connectivity index is 1.52. The van der Waals surface area contributed by atoms with E-state index < -0.39 is 17.8 Å². The van der Waals surface area contributed by atoms with E-state index in [1.54, 1.807) is 0 Å². The molecule has 2 heterocycles. The summed E-state index contributed by atoms with van der Waals surface area (Å²) in [5.74, 6) is -0.787. The molecule has 130 valence electrons. The lowest BCUT2D eigenvalue weighted by Crippen LogP contribution is -2.34. The fourth-order valence-corrected chi connectivity index (χ4v) is 3.26. The van der Waals surface area contributed by atoms with E-state index in [4.69, 9.17) is 4.74 Å². The highest BCUT2D eigenvalue weighted by Crippen LogP contribution is 2.19. The molecular formula is C18H18N2O4S. The van der Waals surface area contributed by atoms with Crippen LogP contribution in [-0.2, 0) is 16.1 Å². The van der Waals surface area contributed by atoms with E-state index in [2.05, 4.69) is 0 Å². The van der Waals surface area contributed by atoms with Gasteiger partial charge in [-0.3, -0.25) is 19.4 Å². The van der Waals surface area contributed by atoms with E-state index in [0.717, 1.165) is 26.0 Å². The van der Waals surface area contributed by atoms with Gasteiger partial charge < -0.3 is 4.74 Å². The summed E-state index contributed by atoms with van der Waals surface area (Å²) in [7, 11) is 0. The minimum atomic E-state index is -0.767. The molecule has 0 N–H and O–H groups in total. The Morgan fingerprint density at radius 1 is 1.04 bits per heavy atom. The average Bonchev–Trinajstić information content (AvgIpc) is 3.17. The van der Waals surface area contributed by atoms with Crippen molar-refractivity contribution in [3.05, 3.63) is 52.2 Å². The highest BCUT2D eigenvalue weighted by atomic mass is 32.1. The maximum Gasteiger partial charge on any atom is 0.334 e. The number of rotatable bonds is 7. The van der Waals surface area contributed by atoms with Gasteiger partial charge in [-0.1, -0.05) is 18.2 Å². The van der Waals surface area contributed by atoms with E-state index >= 15 is 0 Å². The largest absolute Gasteiger partial charge is 0.494 e. The molecule has 4 amide bonds. The Morgan fingerprint density at radius 2 is 1.84 bits per heavy atom. The second-order valence-electron chi connectivity index (χ2n) is 5.73. The van der Waals surface area contributed by atoms with Crippen molar-refractivity contribution in [1.29, 1.82) is 0 Å². The Kier molecular flexibility index (Phi) is 5.14. The minimum absolute atomic E-state index is 0.136. The van der Waals surface area contributed by atoms with Crippen LogP contribution < -0.4 is 4.74 Å². The van der Waals surface area contributed by atoms with Crippen molar-refractivity contribution < 1.29 is 19.1 Å². The third-order valence-corrected chi connectivity index (χ3v) is 4.67. The smallest absolute Gasteiger partial charge is 0.334 e. The summed E-state index contributed by atoms with van der Waals surface area (Å²) in [6, 6.07) is 10.8. The molecule has 6 nitrogen and oxygen atoms in total. The lowest BCUT2D eigenvalue weighted by atomic mass is 10.2. The zero-order chi connectivity index (χ0) is 17.8. The monoisotopic (exact) mass is 358 g/mol. The zero-order valence-electron chi connectivity index (χ0n) is 13.8. The van der Waals surface area contributed by atoms with Crippen molar-refractivity contribution in [3.8, 4) is 5.75 Å². The van der Waals surface area contributed by atoms with Gasteiger partial charge in [-0.15, -0.1) is 11.3 Å². The van der Waals surface area contributed by atoms with E-state index in [0.29, 0.717) is 13.0 Å². The van der Waals surface area contributed by atoms with E-state index in [9.17, 15) is 14.4 Å². The van der Waals surface area contributed by atoms with Crippen LogP contribution in [0, 0.1) is 6.92 Å². The normalized spacial score (nSPS) is 14.5. The number of aryl methyl sites for hydroxylation is 1. The second kappa shape index (κ2) is 7.48. The summed E-state index contributed by atoms with van der Waals surface area (Å²) >= 11 is 1.44. The number of hydrogen-bond acceptors (Lipinski definition) is 5. The first-order valence-electron chi connectivity index (χ1n) is 7.95. The number of ether oxygens (including phenoxy) is 1. The maximum absolute atomic E-state index is 12.3. The van der Waals surface area contributed by atoms with E-state index in [1.165, 1.54) is 11.3 Å². The van der Waals surface area contributed by atoms with Crippen molar-refractivity contribution in [2.24, 2.45) is 0 Å². The molecule has 1 fully saturated rings. The molecule has 1 aliphatic rings. The standard InChI is InChI=1S/C18H18N2O4S/c1-13-5-2-6-14(11-13)24-9-4-8-19-16(21)17(22)20(18(19)23)12-15-7-3-10-25-15/h2-3,5-7,10-11H,4,8-9,12H2,1H3. The lowest BCUT2D eigenvalue weighted by molar-refractivity contribution is -0.143. The van der Waals surface area contributed by atoms with Crippen LogP contribution in [0.25, 0.3) is 0 Å². The number of amides is 4. The van der Waals surface area contributed by atoms with Gasteiger partial charge in [0.15, 0.2) is 0 Å². The Hall–Kier alpha value is -2.67. The van der Waals surface area contributed by atoms with Crippen molar-refractivity contribution in [3.63, 3.8) is 0 Å². The van der Waals surface area contributed by atoms with E-state index in [1.807, 2.05) is 48.7 Å². The number of nitrogens with zero attached hydrogens (tertiary/aromatic N) is 2. The second-order valence-corrected chi connectivity index (χ2v) is 6.76. The third-order valence-electron chi connectivity index (χ3n) is 3.81. The number of urea groups is 1. The molecule has 3 rings (SSSR count). The van der Waals surface area contributed by atoms with Crippen LogP contribution in [0.15, 0.2) is 41.8 Å². The molecule has 2 aromatic rings. The Labute approximate surface area is 149 Å². The molecule has 0 bridgehead atoms. The van der Waals surface area contributed by atoms with Crippen LogP contribution in [0.4, 0.5) is 4.79 Å². The summed E-state index contributed by atoms with van der Waals surface area (Å²) in [5.41, 5.74) is 1.09. The van der Waals surface area contributed by atoms with Gasteiger partial charge in [0.25, 0.3) is 0 Å². The third kappa shape index (κ3) is 3.88. The van der Waals surface area contributed by atoms with Crippen molar-refractivity contribution in [2.45, 2.75) is 19.9 Å². The Bertz CT molecular complexity index is 788. The van der Waals surface area contributed by atoms with Crippen molar-refractivity contribution in [1.82, 2.24) is 9.80 Å². The van der Waals surface area contributed by atoms with Gasteiger partial charge in [0.2, 0.25) is 0 Å².